The van der Waals surface area contributed by atoms with Crippen molar-refractivity contribution in [2.45, 2.75) is 10.9 Å². The fourth-order valence-corrected chi connectivity index (χ4v) is 5.76. The Bertz CT molecular complexity index is 2120. The van der Waals surface area contributed by atoms with Gasteiger partial charge in [0.05, 0.1) is 27.8 Å². The van der Waals surface area contributed by atoms with E-state index < -0.39 is 5.56 Å². The molecular weight excluding hydrogens is 601 g/mol. The molecule has 7 nitrogen and oxygen atoms in total. The van der Waals surface area contributed by atoms with Crippen LogP contribution in [0.1, 0.15) is 15.9 Å². The zero-order valence-corrected chi connectivity index (χ0v) is 24.7. The van der Waals surface area contributed by atoms with Gasteiger partial charge in [0.25, 0.3) is 17.2 Å². The summed E-state index contributed by atoms with van der Waals surface area (Å²) in [5.41, 5.74) is 4.26. The van der Waals surface area contributed by atoms with Crippen LogP contribution in [0.3, 0.4) is 0 Å². The summed E-state index contributed by atoms with van der Waals surface area (Å²) in [6.45, 7) is 7.65. The zero-order valence-electron chi connectivity index (χ0n) is 22.3. The number of nitrogens with one attached hydrogen (secondary N) is 2. The van der Waals surface area contributed by atoms with E-state index in [1.165, 1.54) is 17.8 Å². The van der Waals surface area contributed by atoms with Crippen LogP contribution in [0, 0.1) is 6.57 Å². The van der Waals surface area contributed by atoms with Crippen molar-refractivity contribution in [3.63, 3.8) is 0 Å². The largest absolute Gasteiger partial charge is 0.322 e. The van der Waals surface area contributed by atoms with Gasteiger partial charge in [-0.3, -0.25) is 9.59 Å². The van der Waals surface area contributed by atoms with Crippen molar-refractivity contribution in [2.75, 3.05) is 5.32 Å². The Balaban J connectivity index is 1.24. The Morgan fingerprint density at radius 3 is 2.63 bits per heavy atom. The number of nitrogens with zero attached hydrogens (tertiary/aromatic N) is 3. The van der Waals surface area contributed by atoms with Crippen LogP contribution in [-0.4, -0.2) is 20.4 Å². The first-order valence-corrected chi connectivity index (χ1v) is 14.8. The van der Waals surface area contributed by atoms with Crippen LogP contribution in [0.5, 0.6) is 0 Å². The van der Waals surface area contributed by atoms with Crippen molar-refractivity contribution >= 4 is 63.1 Å². The third kappa shape index (κ3) is 6.06. The number of aromatic nitrogens is 3. The first-order chi connectivity index (χ1) is 20.9. The highest BCUT2D eigenvalue weighted by atomic mass is 35.5. The highest BCUT2D eigenvalue weighted by Gasteiger charge is 2.16. The molecule has 0 saturated carbocycles. The molecule has 6 rings (SSSR count). The van der Waals surface area contributed by atoms with Gasteiger partial charge in [0.15, 0.2) is 5.16 Å². The van der Waals surface area contributed by atoms with Crippen LogP contribution in [0.15, 0.2) is 113 Å². The van der Waals surface area contributed by atoms with E-state index in [1.807, 2.05) is 79.0 Å². The summed E-state index contributed by atoms with van der Waals surface area (Å²) in [5, 5.41) is 5.04. The van der Waals surface area contributed by atoms with E-state index in [0.29, 0.717) is 43.5 Å². The van der Waals surface area contributed by atoms with E-state index in [4.69, 9.17) is 34.8 Å². The number of carbonyl (C=O) groups is 1. The Morgan fingerprint density at radius 1 is 0.953 bits per heavy atom. The molecule has 0 aliphatic rings. The minimum absolute atomic E-state index is 0.0640. The Hall–Kier alpha value is -4.81. The number of carbonyl (C=O) groups excluding carboxylic acids is 1. The normalized spacial score (nSPS) is 10.9. The van der Waals surface area contributed by atoms with E-state index in [1.54, 1.807) is 18.2 Å². The number of fused-ring (bicyclic) bond motifs is 1. The van der Waals surface area contributed by atoms with Gasteiger partial charge in [0.1, 0.15) is 0 Å². The summed E-state index contributed by atoms with van der Waals surface area (Å²) < 4.78 is 2.06. The number of anilines is 1. The topological polar surface area (TPSA) is 84.1 Å². The Labute approximate surface area is 260 Å². The Kier molecular flexibility index (Phi) is 8.03. The number of H-pyrrole nitrogens is 1. The third-order valence-electron chi connectivity index (χ3n) is 6.72. The molecule has 2 heterocycles. The maximum absolute atomic E-state index is 12.9. The predicted octanol–water partition coefficient (Wildman–Crippen LogP) is 8.78. The lowest BCUT2D eigenvalue weighted by molar-refractivity contribution is 0.102. The fourth-order valence-electron chi connectivity index (χ4n) is 4.66. The average molecular weight is 623 g/mol. The lowest BCUT2D eigenvalue weighted by Crippen LogP contribution is -2.12. The number of halogens is 2. The summed E-state index contributed by atoms with van der Waals surface area (Å²) in [6.07, 6.45) is 1.99. The standard InChI is InChI=1S/C33H21Cl2N5O2S/c1-36-30-29(22-8-5-10-25(17-22)40-15-14-21-7-2-3-11-28(21)40)38-33(39-32(30)42)43-19-20-6-4-9-24(16-20)37-31(41)23-12-13-26(34)27(35)18-23/h2-18H,19H2,(H,37,41)(H,38,39,42). The van der Waals surface area contributed by atoms with Crippen molar-refractivity contribution in [1.29, 1.82) is 0 Å². The van der Waals surface area contributed by atoms with Gasteiger partial charge in [-0.15, -0.1) is 0 Å². The first kappa shape index (κ1) is 28.3. The molecule has 0 atom stereocenters. The highest BCUT2D eigenvalue weighted by molar-refractivity contribution is 7.98. The van der Waals surface area contributed by atoms with Crippen LogP contribution in [0.2, 0.25) is 10.0 Å². The van der Waals surface area contributed by atoms with E-state index in [-0.39, 0.29) is 11.6 Å². The van der Waals surface area contributed by atoms with Crippen molar-refractivity contribution in [3.8, 4) is 16.9 Å². The summed E-state index contributed by atoms with van der Waals surface area (Å²) in [4.78, 5) is 36.6. The van der Waals surface area contributed by atoms with Crippen molar-refractivity contribution in [3.05, 3.63) is 146 Å². The fraction of sp³-hybridized carbons (Fsp3) is 0.0303. The monoisotopic (exact) mass is 621 g/mol. The van der Waals surface area contributed by atoms with Gasteiger partial charge in [0, 0.05) is 28.9 Å². The van der Waals surface area contributed by atoms with Gasteiger partial charge in [-0.05, 0) is 71.1 Å². The number of hydrogen-bond donors (Lipinski definition) is 2. The van der Waals surface area contributed by atoms with E-state index in [0.717, 1.165) is 22.2 Å². The molecule has 0 aliphatic heterocycles. The van der Waals surface area contributed by atoms with E-state index >= 15 is 0 Å². The summed E-state index contributed by atoms with van der Waals surface area (Å²) in [6, 6.07) is 29.8. The van der Waals surface area contributed by atoms with Gasteiger partial charge < -0.3 is 14.9 Å². The second-order valence-corrected chi connectivity index (χ2v) is 11.3. The van der Waals surface area contributed by atoms with Crippen molar-refractivity contribution < 1.29 is 4.79 Å². The highest BCUT2D eigenvalue weighted by Crippen LogP contribution is 2.31. The van der Waals surface area contributed by atoms with Crippen LogP contribution < -0.4 is 10.9 Å². The Morgan fingerprint density at radius 2 is 1.79 bits per heavy atom. The number of thioether (sulfide) groups is 1. The van der Waals surface area contributed by atoms with Crippen LogP contribution in [0.25, 0.3) is 32.7 Å². The predicted molar refractivity (Wildman–Crippen MR) is 174 cm³/mol. The first-order valence-electron chi connectivity index (χ1n) is 13.1. The molecular formula is C33H21Cl2N5O2S. The SMILES string of the molecule is [C-]#[N+]c1c(-c2cccc(-n3ccc4ccccc43)c2)nc(SCc2cccc(NC(=O)c3ccc(Cl)c(Cl)c3)c2)[nH]c1=O. The zero-order chi connectivity index (χ0) is 29.9. The van der Waals surface area contributed by atoms with Gasteiger partial charge >= 0.3 is 0 Å². The lowest BCUT2D eigenvalue weighted by Gasteiger charge is -2.11. The number of amides is 1. The van der Waals surface area contributed by atoms with Crippen molar-refractivity contribution in [1.82, 2.24) is 14.5 Å². The molecule has 210 valence electrons. The lowest BCUT2D eigenvalue weighted by atomic mass is 10.1. The maximum Gasteiger partial charge on any atom is 0.276 e. The quantitative estimate of drug-likeness (QED) is 0.106. The number of para-hydroxylation sites is 1. The van der Waals surface area contributed by atoms with Crippen LogP contribution in [0.4, 0.5) is 11.4 Å². The molecule has 1 amide bonds. The van der Waals surface area contributed by atoms with Crippen LogP contribution in [-0.2, 0) is 5.75 Å². The van der Waals surface area contributed by atoms with E-state index in [9.17, 15) is 9.59 Å². The molecule has 43 heavy (non-hydrogen) atoms. The molecule has 0 radical (unpaired) electrons. The summed E-state index contributed by atoms with van der Waals surface area (Å²) in [7, 11) is 0. The van der Waals surface area contributed by atoms with E-state index in [2.05, 4.69) is 19.7 Å². The number of aromatic amines is 1. The molecule has 2 aromatic heterocycles. The number of hydrogen-bond acceptors (Lipinski definition) is 4. The molecule has 6 aromatic rings. The molecule has 4 aromatic carbocycles. The van der Waals surface area contributed by atoms with Crippen LogP contribution >= 0.6 is 35.0 Å². The molecule has 0 fully saturated rings. The summed E-state index contributed by atoms with van der Waals surface area (Å²) in [5.74, 6) is 0.148. The second-order valence-electron chi connectivity index (χ2n) is 9.55. The summed E-state index contributed by atoms with van der Waals surface area (Å²) >= 11 is 13.3. The second kappa shape index (κ2) is 12.2. The number of rotatable bonds is 7. The molecule has 10 heteroatoms. The average Bonchev–Trinajstić information content (AvgIpc) is 3.46. The maximum atomic E-state index is 12.9. The molecule has 0 unspecified atom stereocenters. The molecule has 0 saturated heterocycles. The third-order valence-corrected chi connectivity index (χ3v) is 8.41. The molecule has 0 spiro atoms. The smallest absolute Gasteiger partial charge is 0.276 e. The van der Waals surface area contributed by atoms with Gasteiger partial charge in [-0.1, -0.05) is 77.4 Å². The van der Waals surface area contributed by atoms with Gasteiger partial charge in [-0.2, -0.15) is 0 Å². The molecule has 0 bridgehead atoms. The molecule has 2 N–H and O–H groups in total. The molecule has 0 aliphatic carbocycles. The van der Waals surface area contributed by atoms with Gasteiger partial charge in [-0.25, -0.2) is 9.83 Å². The van der Waals surface area contributed by atoms with Gasteiger partial charge in [0.2, 0.25) is 0 Å². The number of benzene rings is 4. The minimum atomic E-state index is -0.498. The minimum Gasteiger partial charge on any atom is -0.322 e. The van der Waals surface area contributed by atoms with Crippen molar-refractivity contribution in [2.24, 2.45) is 0 Å².